The SMILES string of the molecule is CCC(NC(=O)c1ccc(=O)n(C)c1)C(=O)O. The van der Waals surface area contributed by atoms with Gasteiger partial charge in [-0.1, -0.05) is 6.92 Å². The van der Waals surface area contributed by atoms with Crippen molar-refractivity contribution in [2.75, 3.05) is 0 Å². The van der Waals surface area contributed by atoms with E-state index in [1.165, 1.54) is 29.9 Å². The van der Waals surface area contributed by atoms with E-state index in [1.807, 2.05) is 0 Å². The number of carbonyl (C=O) groups excluding carboxylic acids is 1. The van der Waals surface area contributed by atoms with E-state index >= 15 is 0 Å². The Bertz CT molecular complexity index is 492. The molecule has 0 radical (unpaired) electrons. The Morgan fingerprint density at radius 2 is 2.12 bits per heavy atom. The molecule has 92 valence electrons. The number of carboxylic acid groups (broad SMARTS) is 1. The lowest BCUT2D eigenvalue weighted by Gasteiger charge is -2.12. The number of nitrogens with one attached hydrogen (secondary N) is 1. The number of amides is 1. The van der Waals surface area contributed by atoms with Crippen LogP contribution in [0.5, 0.6) is 0 Å². The van der Waals surface area contributed by atoms with Crippen molar-refractivity contribution in [2.24, 2.45) is 7.05 Å². The smallest absolute Gasteiger partial charge is 0.326 e. The predicted octanol–water partition coefficient (Wildman–Crippen LogP) is -0.0217. The monoisotopic (exact) mass is 238 g/mol. The third kappa shape index (κ3) is 3.17. The number of rotatable bonds is 4. The second-order valence-corrected chi connectivity index (χ2v) is 3.64. The van der Waals surface area contributed by atoms with Gasteiger partial charge in [-0.15, -0.1) is 0 Å². The molecule has 0 bridgehead atoms. The third-order valence-electron chi connectivity index (χ3n) is 2.36. The summed E-state index contributed by atoms with van der Waals surface area (Å²) in [5.74, 6) is -1.58. The van der Waals surface area contributed by atoms with Crippen LogP contribution >= 0.6 is 0 Å². The van der Waals surface area contributed by atoms with Crippen LogP contribution in [-0.2, 0) is 11.8 Å². The van der Waals surface area contributed by atoms with Gasteiger partial charge in [-0.2, -0.15) is 0 Å². The fourth-order valence-electron chi connectivity index (χ4n) is 1.31. The molecule has 17 heavy (non-hydrogen) atoms. The lowest BCUT2D eigenvalue weighted by atomic mass is 10.2. The molecule has 1 unspecified atom stereocenters. The van der Waals surface area contributed by atoms with Gasteiger partial charge in [-0.3, -0.25) is 9.59 Å². The highest BCUT2D eigenvalue weighted by Gasteiger charge is 2.18. The molecule has 0 aliphatic carbocycles. The first-order valence-corrected chi connectivity index (χ1v) is 5.16. The number of aryl methyl sites for hydroxylation is 1. The molecule has 0 aliphatic heterocycles. The van der Waals surface area contributed by atoms with E-state index in [0.29, 0.717) is 6.42 Å². The summed E-state index contributed by atoms with van der Waals surface area (Å²) in [7, 11) is 1.52. The van der Waals surface area contributed by atoms with Gasteiger partial charge in [0.2, 0.25) is 5.56 Å². The average Bonchev–Trinajstić information content (AvgIpc) is 2.28. The van der Waals surface area contributed by atoms with Crippen molar-refractivity contribution in [3.63, 3.8) is 0 Å². The Morgan fingerprint density at radius 3 is 2.59 bits per heavy atom. The molecule has 0 saturated heterocycles. The largest absolute Gasteiger partial charge is 0.480 e. The number of carboxylic acids is 1. The fourth-order valence-corrected chi connectivity index (χ4v) is 1.31. The molecule has 1 rings (SSSR count). The number of hydrogen-bond acceptors (Lipinski definition) is 3. The van der Waals surface area contributed by atoms with Gasteiger partial charge in [-0.05, 0) is 12.5 Å². The minimum atomic E-state index is -1.08. The van der Waals surface area contributed by atoms with Crippen LogP contribution in [0.1, 0.15) is 23.7 Å². The van der Waals surface area contributed by atoms with Crippen molar-refractivity contribution in [2.45, 2.75) is 19.4 Å². The summed E-state index contributed by atoms with van der Waals surface area (Å²) in [5.41, 5.74) is 0.0265. The van der Waals surface area contributed by atoms with Crippen LogP contribution in [-0.4, -0.2) is 27.6 Å². The van der Waals surface area contributed by atoms with Gasteiger partial charge in [0, 0.05) is 19.3 Å². The zero-order chi connectivity index (χ0) is 13.0. The van der Waals surface area contributed by atoms with Crippen molar-refractivity contribution < 1.29 is 14.7 Å². The van der Waals surface area contributed by atoms with Crippen LogP contribution < -0.4 is 10.9 Å². The Hall–Kier alpha value is -2.11. The standard InChI is InChI=1S/C11H14N2O4/c1-3-8(11(16)17)12-10(15)7-4-5-9(14)13(2)6-7/h4-6,8H,3H2,1-2H3,(H,12,15)(H,16,17). The molecule has 1 atom stereocenters. The number of aromatic nitrogens is 1. The maximum absolute atomic E-state index is 11.7. The number of nitrogens with zero attached hydrogens (tertiary/aromatic N) is 1. The second-order valence-electron chi connectivity index (χ2n) is 3.64. The molecular weight excluding hydrogens is 224 g/mol. The van der Waals surface area contributed by atoms with Crippen LogP contribution in [0.3, 0.4) is 0 Å². The summed E-state index contributed by atoms with van der Waals surface area (Å²) in [6.07, 6.45) is 1.67. The number of pyridine rings is 1. The molecule has 2 N–H and O–H groups in total. The summed E-state index contributed by atoms with van der Waals surface area (Å²) in [5, 5.41) is 11.2. The van der Waals surface area contributed by atoms with Crippen LogP contribution in [0.4, 0.5) is 0 Å². The van der Waals surface area contributed by atoms with Gasteiger partial charge in [0.15, 0.2) is 0 Å². The maximum Gasteiger partial charge on any atom is 0.326 e. The Balaban J connectivity index is 2.86. The van der Waals surface area contributed by atoms with E-state index in [4.69, 9.17) is 5.11 Å². The van der Waals surface area contributed by atoms with Gasteiger partial charge < -0.3 is 15.0 Å². The van der Waals surface area contributed by atoms with Crippen molar-refractivity contribution in [1.29, 1.82) is 0 Å². The fraction of sp³-hybridized carbons (Fsp3) is 0.364. The van der Waals surface area contributed by atoms with Gasteiger partial charge in [-0.25, -0.2) is 4.79 Å². The van der Waals surface area contributed by atoms with E-state index in [0.717, 1.165) is 0 Å². The number of hydrogen-bond donors (Lipinski definition) is 2. The molecule has 1 heterocycles. The molecule has 6 nitrogen and oxygen atoms in total. The van der Waals surface area contributed by atoms with Gasteiger partial charge in [0.25, 0.3) is 5.91 Å². The Labute approximate surface area is 97.9 Å². The Kier molecular flexibility index (Phi) is 4.03. The van der Waals surface area contributed by atoms with Crippen molar-refractivity contribution in [3.05, 3.63) is 34.2 Å². The Morgan fingerprint density at radius 1 is 1.47 bits per heavy atom. The minimum absolute atomic E-state index is 0.230. The molecule has 1 aromatic heterocycles. The van der Waals surface area contributed by atoms with Crippen LogP contribution in [0.25, 0.3) is 0 Å². The second kappa shape index (κ2) is 5.29. The topological polar surface area (TPSA) is 88.4 Å². The third-order valence-corrected chi connectivity index (χ3v) is 2.36. The average molecular weight is 238 g/mol. The maximum atomic E-state index is 11.7. The van der Waals surface area contributed by atoms with E-state index in [-0.39, 0.29) is 11.1 Å². The zero-order valence-corrected chi connectivity index (χ0v) is 9.64. The summed E-state index contributed by atoms with van der Waals surface area (Å²) >= 11 is 0. The first kappa shape index (κ1) is 13.0. The molecule has 0 saturated carbocycles. The van der Waals surface area contributed by atoms with Crippen molar-refractivity contribution in [1.82, 2.24) is 9.88 Å². The van der Waals surface area contributed by atoms with E-state index in [2.05, 4.69) is 5.32 Å². The summed E-state index contributed by atoms with van der Waals surface area (Å²) in [4.78, 5) is 33.6. The lowest BCUT2D eigenvalue weighted by molar-refractivity contribution is -0.139. The number of aliphatic carboxylic acids is 1. The first-order chi connectivity index (χ1) is 7.95. The molecular formula is C11H14N2O4. The quantitative estimate of drug-likeness (QED) is 0.771. The van der Waals surface area contributed by atoms with Crippen LogP contribution in [0, 0.1) is 0 Å². The molecule has 1 amide bonds. The molecule has 0 aliphatic rings. The van der Waals surface area contributed by atoms with Crippen LogP contribution in [0.2, 0.25) is 0 Å². The predicted molar refractivity (Wildman–Crippen MR) is 60.9 cm³/mol. The normalized spacial score (nSPS) is 11.9. The zero-order valence-electron chi connectivity index (χ0n) is 9.64. The molecule has 0 fully saturated rings. The van der Waals surface area contributed by atoms with Gasteiger partial charge in [0.05, 0.1) is 5.56 Å². The summed E-state index contributed by atoms with van der Waals surface area (Å²) in [6, 6.07) is 1.71. The van der Waals surface area contributed by atoms with Crippen molar-refractivity contribution >= 4 is 11.9 Å². The highest BCUT2D eigenvalue weighted by molar-refractivity contribution is 5.96. The minimum Gasteiger partial charge on any atom is -0.480 e. The van der Waals surface area contributed by atoms with Crippen LogP contribution in [0.15, 0.2) is 23.1 Å². The van der Waals surface area contributed by atoms with E-state index < -0.39 is 17.9 Å². The first-order valence-electron chi connectivity index (χ1n) is 5.16. The summed E-state index contributed by atoms with van der Waals surface area (Å²) in [6.45, 7) is 1.67. The van der Waals surface area contributed by atoms with Gasteiger partial charge >= 0.3 is 5.97 Å². The van der Waals surface area contributed by atoms with E-state index in [9.17, 15) is 14.4 Å². The number of carbonyl (C=O) groups is 2. The molecule has 0 aromatic carbocycles. The molecule has 1 aromatic rings. The highest BCUT2D eigenvalue weighted by Crippen LogP contribution is 1.98. The highest BCUT2D eigenvalue weighted by atomic mass is 16.4. The van der Waals surface area contributed by atoms with Gasteiger partial charge in [0.1, 0.15) is 6.04 Å². The molecule has 6 heteroatoms. The van der Waals surface area contributed by atoms with E-state index in [1.54, 1.807) is 6.92 Å². The summed E-state index contributed by atoms with van der Waals surface area (Å²) < 4.78 is 1.26. The lowest BCUT2D eigenvalue weighted by Crippen LogP contribution is -2.40. The van der Waals surface area contributed by atoms with Crippen molar-refractivity contribution in [3.8, 4) is 0 Å². The molecule has 0 spiro atoms.